The van der Waals surface area contributed by atoms with Crippen LogP contribution >= 0.6 is 11.8 Å². The fraction of sp³-hybridized carbons (Fsp3) is 0.833. The number of amides is 2. The van der Waals surface area contributed by atoms with E-state index in [0.717, 1.165) is 24.3 Å². The molecule has 0 aromatic heterocycles. The minimum atomic E-state index is -0.966. The molecule has 1 saturated heterocycles. The van der Waals surface area contributed by atoms with Gasteiger partial charge in [0.25, 0.3) is 0 Å². The highest BCUT2D eigenvalue weighted by atomic mass is 32.2. The van der Waals surface area contributed by atoms with Gasteiger partial charge in [-0.15, -0.1) is 0 Å². The number of rotatable bonds is 5. The molecule has 104 valence electrons. The van der Waals surface area contributed by atoms with Crippen molar-refractivity contribution in [1.82, 2.24) is 10.2 Å². The van der Waals surface area contributed by atoms with Crippen LogP contribution in [0, 0.1) is 5.92 Å². The number of carbonyl (C=O) groups excluding carboxylic acids is 1. The van der Waals surface area contributed by atoms with Crippen molar-refractivity contribution in [2.45, 2.75) is 38.8 Å². The van der Waals surface area contributed by atoms with E-state index in [9.17, 15) is 9.59 Å². The van der Waals surface area contributed by atoms with Crippen molar-refractivity contribution in [2.75, 3.05) is 18.6 Å². The van der Waals surface area contributed by atoms with E-state index in [2.05, 4.69) is 5.32 Å². The van der Waals surface area contributed by atoms with Gasteiger partial charge >= 0.3 is 12.0 Å². The van der Waals surface area contributed by atoms with Crippen LogP contribution in [0.4, 0.5) is 4.79 Å². The van der Waals surface area contributed by atoms with Crippen LogP contribution in [0.15, 0.2) is 0 Å². The average Bonchev–Trinajstić information content (AvgIpc) is 2.87. The Morgan fingerprint density at radius 1 is 1.56 bits per heavy atom. The molecular formula is C12H22N2O3S. The van der Waals surface area contributed by atoms with Crippen molar-refractivity contribution < 1.29 is 14.7 Å². The smallest absolute Gasteiger partial charge is 0.326 e. The highest BCUT2D eigenvalue weighted by molar-refractivity contribution is 7.99. The molecule has 2 N–H and O–H groups in total. The zero-order chi connectivity index (χ0) is 13.7. The van der Waals surface area contributed by atoms with Crippen molar-refractivity contribution in [3.05, 3.63) is 0 Å². The molecule has 0 bridgehead atoms. The zero-order valence-corrected chi connectivity index (χ0v) is 12.0. The maximum absolute atomic E-state index is 12.0. The Bertz CT molecular complexity index is 306. The molecule has 0 aromatic carbocycles. The average molecular weight is 274 g/mol. The lowest BCUT2D eigenvalue weighted by molar-refractivity contribution is -0.140. The van der Waals surface area contributed by atoms with Gasteiger partial charge in [0.2, 0.25) is 0 Å². The number of nitrogens with zero attached hydrogens (tertiary/aromatic N) is 1. The third-order valence-corrected chi connectivity index (χ3v) is 4.68. The Kier molecular flexibility index (Phi) is 5.78. The van der Waals surface area contributed by atoms with E-state index >= 15 is 0 Å². The van der Waals surface area contributed by atoms with E-state index in [0.29, 0.717) is 0 Å². The quantitative estimate of drug-likeness (QED) is 0.799. The summed E-state index contributed by atoms with van der Waals surface area (Å²) in [5, 5.41) is 11.8. The van der Waals surface area contributed by atoms with E-state index in [1.807, 2.05) is 25.6 Å². The van der Waals surface area contributed by atoms with Crippen LogP contribution in [0.3, 0.4) is 0 Å². The predicted octanol–water partition coefficient (Wildman–Crippen LogP) is 1.63. The predicted molar refractivity (Wildman–Crippen MR) is 72.9 cm³/mol. The molecule has 0 aromatic rings. The van der Waals surface area contributed by atoms with Crippen LogP contribution < -0.4 is 5.32 Å². The molecular weight excluding hydrogens is 252 g/mol. The molecule has 0 spiro atoms. The number of hydrogen-bond donors (Lipinski definition) is 2. The second kappa shape index (κ2) is 6.87. The summed E-state index contributed by atoms with van der Waals surface area (Å²) >= 11 is 1.83. The molecule has 1 fully saturated rings. The topological polar surface area (TPSA) is 69.6 Å². The van der Waals surface area contributed by atoms with E-state index in [4.69, 9.17) is 5.11 Å². The van der Waals surface area contributed by atoms with Gasteiger partial charge in [-0.05, 0) is 18.1 Å². The number of urea groups is 1. The van der Waals surface area contributed by atoms with Crippen LogP contribution in [0.5, 0.6) is 0 Å². The largest absolute Gasteiger partial charge is 0.480 e. The molecule has 5 nitrogen and oxygen atoms in total. The molecule has 0 saturated carbocycles. The minimum absolute atomic E-state index is 0.0715. The molecule has 1 aliphatic rings. The van der Waals surface area contributed by atoms with Crippen LogP contribution in [0.1, 0.15) is 26.7 Å². The maximum Gasteiger partial charge on any atom is 0.326 e. The molecule has 1 heterocycles. The first-order chi connectivity index (χ1) is 8.47. The van der Waals surface area contributed by atoms with Crippen molar-refractivity contribution in [1.29, 1.82) is 0 Å². The van der Waals surface area contributed by atoms with Gasteiger partial charge in [-0.2, -0.15) is 11.8 Å². The first-order valence-electron chi connectivity index (χ1n) is 6.31. The Balaban J connectivity index is 2.57. The molecule has 6 heteroatoms. The Labute approximate surface area is 112 Å². The number of thioether (sulfide) groups is 1. The molecule has 3 unspecified atom stereocenters. The molecule has 0 radical (unpaired) electrons. The standard InChI is InChI=1S/C12H22N2O3S/c1-4-8(2)10(11(15)16)13-12(17)14(3)9-5-6-18-7-9/h8-10H,4-7H2,1-3H3,(H,13,17)(H,15,16). The zero-order valence-electron chi connectivity index (χ0n) is 11.2. The van der Waals surface area contributed by atoms with E-state index in [-0.39, 0.29) is 18.0 Å². The summed E-state index contributed by atoms with van der Waals surface area (Å²) in [7, 11) is 1.74. The number of carboxylic acids is 1. The van der Waals surface area contributed by atoms with Gasteiger partial charge in [-0.25, -0.2) is 9.59 Å². The first-order valence-corrected chi connectivity index (χ1v) is 7.46. The Morgan fingerprint density at radius 3 is 2.67 bits per heavy atom. The lowest BCUT2D eigenvalue weighted by atomic mass is 9.99. The van der Waals surface area contributed by atoms with E-state index in [1.54, 1.807) is 11.9 Å². The fourth-order valence-electron chi connectivity index (χ4n) is 1.91. The third-order valence-electron chi connectivity index (χ3n) is 3.53. The summed E-state index contributed by atoms with van der Waals surface area (Å²) in [5.74, 6) is 0.964. The molecule has 1 aliphatic heterocycles. The lowest BCUT2D eigenvalue weighted by Gasteiger charge is -2.27. The Hall–Kier alpha value is -0.910. The number of nitrogens with one attached hydrogen (secondary N) is 1. The molecule has 2 amide bonds. The number of hydrogen-bond acceptors (Lipinski definition) is 3. The molecule has 0 aliphatic carbocycles. The van der Waals surface area contributed by atoms with Crippen molar-refractivity contribution in [3.8, 4) is 0 Å². The van der Waals surface area contributed by atoms with Gasteiger partial charge in [0.05, 0.1) is 0 Å². The number of carbonyl (C=O) groups is 2. The molecule has 3 atom stereocenters. The van der Waals surface area contributed by atoms with Crippen LogP contribution in [-0.4, -0.2) is 52.6 Å². The van der Waals surface area contributed by atoms with Gasteiger partial charge in [0.1, 0.15) is 6.04 Å². The van der Waals surface area contributed by atoms with Crippen molar-refractivity contribution in [2.24, 2.45) is 5.92 Å². The van der Waals surface area contributed by atoms with Gasteiger partial charge < -0.3 is 15.3 Å². The highest BCUT2D eigenvalue weighted by Gasteiger charge is 2.29. The van der Waals surface area contributed by atoms with Gasteiger partial charge in [0.15, 0.2) is 0 Å². The molecule has 1 rings (SSSR count). The van der Waals surface area contributed by atoms with E-state index in [1.165, 1.54) is 0 Å². The normalized spacial score (nSPS) is 22.3. The summed E-state index contributed by atoms with van der Waals surface area (Å²) < 4.78 is 0. The van der Waals surface area contributed by atoms with Crippen LogP contribution in [0.25, 0.3) is 0 Å². The summed E-state index contributed by atoms with van der Waals surface area (Å²) in [4.78, 5) is 24.8. The summed E-state index contributed by atoms with van der Waals surface area (Å²) in [6, 6.07) is -0.865. The van der Waals surface area contributed by atoms with E-state index < -0.39 is 12.0 Å². The highest BCUT2D eigenvalue weighted by Crippen LogP contribution is 2.21. The Morgan fingerprint density at radius 2 is 2.22 bits per heavy atom. The minimum Gasteiger partial charge on any atom is -0.480 e. The van der Waals surface area contributed by atoms with Gasteiger partial charge in [0, 0.05) is 18.8 Å². The van der Waals surface area contributed by atoms with Crippen molar-refractivity contribution in [3.63, 3.8) is 0 Å². The maximum atomic E-state index is 12.0. The van der Waals surface area contributed by atoms with Crippen LogP contribution in [0.2, 0.25) is 0 Å². The fourth-order valence-corrected chi connectivity index (χ4v) is 3.18. The van der Waals surface area contributed by atoms with Crippen LogP contribution in [-0.2, 0) is 4.79 Å². The first kappa shape index (κ1) is 15.1. The summed E-state index contributed by atoms with van der Waals surface area (Å²) in [5.41, 5.74) is 0. The lowest BCUT2D eigenvalue weighted by Crippen LogP contribution is -2.52. The number of carboxylic acid groups (broad SMARTS) is 1. The number of aliphatic carboxylic acids is 1. The SMILES string of the molecule is CCC(C)C(NC(=O)N(C)C1CCSC1)C(=O)O. The summed E-state index contributed by atoms with van der Waals surface area (Å²) in [6.45, 7) is 3.76. The van der Waals surface area contributed by atoms with Gasteiger partial charge in [-0.3, -0.25) is 0 Å². The van der Waals surface area contributed by atoms with Crippen molar-refractivity contribution >= 4 is 23.8 Å². The summed E-state index contributed by atoms with van der Waals surface area (Å²) in [6.07, 6.45) is 1.70. The second-order valence-electron chi connectivity index (χ2n) is 4.78. The second-order valence-corrected chi connectivity index (χ2v) is 5.93. The third kappa shape index (κ3) is 3.80. The monoisotopic (exact) mass is 274 g/mol. The molecule has 18 heavy (non-hydrogen) atoms. The van der Waals surface area contributed by atoms with Gasteiger partial charge in [-0.1, -0.05) is 20.3 Å².